The fraction of sp³-hybridized carbons (Fsp3) is 0.733. The van der Waals surface area contributed by atoms with E-state index in [4.69, 9.17) is 9.47 Å². The number of ether oxygens (including phenoxy) is 2. The summed E-state index contributed by atoms with van der Waals surface area (Å²) in [6.07, 6.45) is 3.87. The number of nitrogens with one attached hydrogen (secondary N) is 1. The first-order valence-corrected chi connectivity index (χ1v) is 8.11. The van der Waals surface area contributed by atoms with Crippen molar-refractivity contribution in [3.63, 3.8) is 0 Å². The molecule has 1 fully saturated rings. The summed E-state index contributed by atoms with van der Waals surface area (Å²) in [7, 11) is 1.78. The monoisotopic (exact) mass is 283 g/mol. The molecule has 4 atom stereocenters. The van der Waals surface area contributed by atoms with Crippen molar-refractivity contribution in [2.75, 3.05) is 13.7 Å². The van der Waals surface area contributed by atoms with E-state index in [1.165, 1.54) is 17.7 Å². The molecule has 19 heavy (non-hydrogen) atoms. The van der Waals surface area contributed by atoms with Gasteiger partial charge in [0.1, 0.15) is 0 Å². The molecule has 0 saturated heterocycles. The van der Waals surface area contributed by atoms with Gasteiger partial charge in [-0.1, -0.05) is 19.4 Å². The van der Waals surface area contributed by atoms with Crippen molar-refractivity contribution in [1.29, 1.82) is 0 Å². The minimum atomic E-state index is 0.194. The molecule has 0 spiro atoms. The number of hydrogen-bond donors (Lipinski definition) is 1. The summed E-state index contributed by atoms with van der Waals surface area (Å²) in [5, 5.41) is 5.90. The highest BCUT2D eigenvalue weighted by molar-refractivity contribution is 7.10. The van der Waals surface area contributed by atoms with Gasteiger partial charge in [-0.05, 0) is 31.2 Å². The second-order valence-electron chi connectivity index (χ2n) is 5.06. The lowest BCUT2D eigenvalue weighted by molar-refractivity contribution is -0.133. The van der Waals surface area contributed by atoms with E-state index in [-0.39, 0.29) is 12.2 Å². The Bertz CT molecular complexity index is 355. The zero-order chi connectivity index (χ0) is 13.7. The SMILES string of the molecule is CCCC(NC1CC(OCC)C1OC)c1cccs1. The molecule has 0 aliphatic heterocycles. The van der Waals surface area contributed by atoms with Crippen LogP contribution in [-0.2, 0) is 9.47 Å². The van der Waals surface area contributed by atoms with E-state index in [0.29, 0.717) is 12.1 Å². The zero-order valence-electron chi connectivity index (χ0n) is 12.1. The number of methoxy groups -OCH3 is 1. The maximum absolute atomic E-state index is 5.68. The van der Waals surface area contributed by atoms with Gasteiger partial charge in [-0.3, -0.25) is 0 Å². The van der Waals surface area contributed by atoms with Crippen molar-refractivity contribution in [3.05, 3.63) is 22.4 Å². The fourth-order valence-electron chi connectivity index (χ4n) is 2.78. The molecule has 0 amide bonds. The number of hydrogen-bond acceptors (Lipinski definition) is 4. The smallest absolute Gasteiger partial charge is 0.0987 e. The Kier molecular flexibility index (Phi) is 5.82. The quantitative estimate of drug-likeness (QED) is 0.793. The molecule has 2 rings (SSSR count). The first kappa shape index (κ1) is 15.0. The maximum Gasteiger partial charge on any atom is 0.0987 e. The molecule has 108 valence electrons. The average molecular weight is 283 g/mol. The summed E-state index contributed by atoms with van der Waals surface area (Å²) >= 11 is 1.83. The maximum atomic E-state index is 5.68. The van der Waals surface area contributed by atoms with Gasteiger partial charge in [0.25, 0.3) is 0 Å². The van der Waals surface area contributed by atoms with Crippen molar-refractivity contribution in [2.45, 2.75) is 57.4 Å². The zero-order valence-corrected chi connectivity index (χ0v) is 12.9. The number of rotatable bonds is 8. The Morgan fingerprint density at radius 3 is 2.89 bits per heavy atom. The molecule has 1 aromatic rings. The van der Waals surface area contributed by atoms with Crippen LogP contribution in [0.4, 0.5) is 0 Å². The van der Waals surface area contributed by atoms with E-state index >= 15 is 0 Å². The van der Waals surface area contributed by atoms with Gasteiger partial charge in [0.05, 0.1) is 12.2 Å². The van der Waals surface area contributed by atoms with Crippen molar-refractivity contribution in [1.82, 2.24) is 5.32 Å². The van der Waals surface area contributed by atoms with Crippen LogP contribution in [0.15, 0.2) is 17.5 Å². The molecule has 1 aliphatic carbocycles. The van der Waals surface area contributed by atoms with Gasteiger partial charge in [-0.2, -0.15) is 0 Å². The molecule has 0 bridgehead atoms. The first-order chi connectivity index (χ1) is 9.30. The summed E-state index contributed by atoms with van der Waals surface area (Å²) < 4.78 is 11.3. The Balaban J connectivity index is 1.91. The second kappa shape index (κ2) is 7.39. The standard InChI is InChI=1S/C15H25NO2S/c1-4-7-11(14-8-6-9-19-14)16-12-10-13(18-5-2)15(12)17-3/h6,8-9,11-13,15-16H,4-5,7,10H2,1-3H3. The van der Waals surface area contributed by atoms with Gasteiger partial charge in [0.15, 0.2) is 0 Å². The molecule has 0 radical (unpaired) electrons. The van der Waals surface area contributed by atoms with Crippen LogP contribution in [-0.4, -0.2) is 32.0 Å². The molecule has 1 aromatic heterocycles. The Morgan fingerprint density at radius 2 is 2.32 bits per heavy atom. The molecular weight excluding hydrogens is 258 g/mol. The summed E-state index contributed by atoms with van der Waals surface area (Å²) in [5.41, 5.74) is 0. The third kappa shape index (κ3) is 3.57. The van der Waals surface area contributed by atoms with E-state index in [2.05, 4.69) is 29.8 Å². The molecule has 1 saturated carbocycles. The predicted octanol–water partition coefficient (Wildman–Crippen LogP) is 3.37. The van der Waals surface area contributed by atoms with Crippen LogP contribution in [0.2, 0.25) is 0 Å². The van der Waals surface area contributed by atoms with Crippen molar-refractivity contribution in [3.8, 4) is 0 Å². The van der Waals surface area contributed by atoms with E-state index in [0.717, 1.165) is 13.0 Å². The van der Waals surface area contributed by atoms with Crippen LogP contribution in [0.25, 0.3) is 0 Å². The Morgan fingerprint density at radius 1 is 1.47 bits per heavy atom. The van der Waals surface area contributed by atoms with Crippen LogP contribution in [0, 0.1) is 0 Å². The first-order valence-electron chi connectivity index (χ1n) is 7.24. The Hall–Kier alpha value is -0.420. The van der Waals surface area contributed by atoms with Crippen LogP contribution in [0.1, 0.15) is 44.0 Å². The van der Waals surface area contributed by atoms with Gasteiger partial charge < -0.3 is 14.8 Å². The summed E-state index contributed by atoms with van der Waals surface area (Å²) in [6.45, 7) is 5.04. The Labute approximate surface area is 120 Å². The van der Waals surface area contributed by atoms with Gasteiger partial charge in [-0.25, -0.2) is 0 Å². The van der Waals surface area contributed by atoms with Gasteiger partial charge in [0, 0.05) is 30.7 Å². The lowest BCUT2D eigenvalue weighted by Crippen LogP contribution is -2.60. The van der Waals surface area contributed by atoms with Gasteiger partial charge >= 0.3 is 0 Å². The van der Waals surface area contributed by atoms with E-state index < -0.39 is 0 Å². The normalized spacial score (nSPS) is 28.1. The molecule has 1 N–H and O–H groups in total. The van der Waals surface area contributed by atoms with Crippen LogP contribution < -0.4 is 5.32 Å². The molecule has 3 nitrogen and oxygen atoms in total. The lowest BCUT2D eigenvalue weighted by atomic mass is 9.84. The second-order valence-corrected chi connectivity index (χ2v) is 6.04. The molecule has 0 aromatic carbocycles. The minimum Gasteiger partial charge on any atom is -0.377 e. The van der Waals surface area contributed by atoms with Crippen LogP contribution >= 0.6 is 11.3 Å². The summed E-state index contributed by atoms with van der Waals surface area (Å²) in [5.74, 6) is 0. The third-order valence-corrected chi connectivity index (χ3v) is 4.77. The summed E-state index contributed by atoms with van der Waals surface area (Å²) in [4.78, 5) is 1.43. The van der Waals surface area contributed by atoms with Crippen LogP contribution in [0.3, 0.4) is 0 Å². The van der Waals surface area contributed by atoms with Crippen molar-refractivity contribution >= 4 is 11.3 Å². The van der Waals surface area contributed by atoms with E-state index in [1.807, 2.05) is 18.3 Å². The molecule has 4 heteroatoms. The fourth-order valence-corrected chi connectivity index (χ4v) is 3.60. The van der Waals surface area contributed by atoms with Crippen molar-refractivity contribution < 1.29 is 9.47 Å². The highest BCUT2D eigenvalue weighted by Gasteiger charge is 2.42. The highest BCUT2D eigenvalue weighted by atomic mass is 32.1. The molecule has 1 aliphatic rings. The van der Waals surface area contributed by atoms with Gasteiger partial charge in [-0.15, -0.1) is 11.3 Å². The molecule has 4 unspecified atom stereocenters. The van der Waals surface area contributed by atoms with Crippen LogP contribution in [0.5, 0.6) is 0 Å². The molecular formula is C15H25NO2S. The van der Waals surface area contributed by atoms with Crippen molar-refractivity contribution in [2.24, 2.45) is 0 Å². The largest absolute Gasteiger partial charge is 0.377 e. The van der Waals surface area contributed by atoms with E-state index in [9.17, 15) is 0 Å². The molecule has 1 heterocycles. The summed E-state index contributed by atoms with van der Waals surface area (Å²) in [6, 6.07) is 5.22. The van der Waals surface area contributed by atoms with E-state index in [1.54, 1.807) is 7.11 Å². The predicted molar refractivity (Wildman–Crippen MR) is 79.7 cm³/mol. The number of thiophene rings is 1. The lowest BCUT2D eigenvalue weighted by Gasteiger charge is -2.45. The highest BCUT2D eigenvalue weighted by Crippen LogP contribution is 2.31. The third-order valence-electron chi connectivity index (χ3n) is 3.78. The minimum absolute atomic E-state index is 0.194. The topological polar surface area (TPSA) is 30.5 Å². The average Bonchev–Trinajstić information content (AvgIpc) is 2.90. The van der Waals surface area contributed by atoms with Gasteiger partial charge in [0.2, 0.25) is 0 Å².